The fraction of sp³-hybridized carbons (Fsp3) is 0.150. The molecule has 0 aliphatic rings. The fourth-order valence-corrected chi connectivity index (χ4v) is 2.96. The van der Waals surface area contributed by atoms with Crippen molar-refractivity contribution in [3.63, 3.8) is 0 Å². The maximum atomic E-state index is 12.6. The van der Waals surface area contributed by atoms with E-state index in [2.05, 4.69) is 15.9 Å². The molecule has 0 fully saturated rings. The zero-order chi connectivity index (χ0) is 18.5. The largest absolute Gasteiger partial charge is 0.445 e. The summed E-state index contributed by atoms with van der Waals surface area (Å²) in [7, 11) is 1.71. The lowest BCUT2D eigenvalue weighted by Gasteiger charge is -2.26. The van der Waals surface area contributed by atoms with Crippen molar-refractivity contribution >= 4 is 21.6 Å². The van der Waals surface area contributed by atoms with Crippen LogP contribution < -0.4 is 15.2 Å². The number of hydrogen-bond acceptors (Lipinski definition) is 4. The van der Waals surface area contributed by atoms with E-state index in [4.69, 9.17) is 4.74 Å². The number of anilines is 1. The first kappa shape index (κ1) is 18.2. The Hall–Kier alpha value is -2.57. The van der Waals surface area contributed by atoms with Crippen LogP contribution in [0.15, 0.2) is 82.2 Å². The number of aliphatic hydroxyl groups is 1. The third kappa shape index (κ3) is 4.15. The Balaban J connectivity index is 1.77. The summed E-state index contributed by atoms with van der Waals surface area (Å²) in [5, 5.41) is 10.3. The van der Waals surface area contributed by atoms with Crippen LogP contribution >= 0.6 is 15.9 Å². The summed E-state index contributed by atoms with van der Waals surface area (Å²) in [4.78, 5) is 14.1. The minimum absolute atomic E-state index is 0.221. The number of ether oxygens (including phenoxy) is 1. The SMILES string of the molecule is CN(c1ccccc1)C(O)Oc1ccn(Cc2ccccc2)c(=O)c1Br. The Labute approximate surface area is 160 Å². The van der Waals surface area contributed by atoms with Gasteiger partial charge in [0.05, 0.1) is 6.54 Å². The van der Waals surface area contributed by atoms with Gasteiger partial charge in [-0.15, -0.1) is 0 Å². The van der Waals surface area contributed by atoms with Crippen LogP contribution in [0.3, 0.4) is 0 Å². The molecule has 0 aliphatic carbocycles. The van der Waals surface area contributed by atoms with Gasteiger partial charge in [-0.25, -0.2) is 0 Å². The number of benzene rings is 2. The molecule has 0 saturated heterocycles. The third-order valence-corrected chi connectivity index (χ3v) is 4.72. The first-order valence-corrected chi connectivity index (χ1v) is 8.91. The van der Waals surface area contributed by atoms with E-state index in [-0.39, 0.29) is 15.8 Å². The van der Waals surface area contributed by atoms with E-state index in [0.29, 0.717) is 6.54 Å². The molecule has 0 amide bonds. The highest BCUT2D eigenvalue weighted by molar-refractivity contribution is 9.10. The van der Waals surface area contributed by atoms with E-state index >= 15 is 0 Å². The summed E-state index contributed by atoms with van der Waals surface area (Å²) in [5.74, 6) is 0.287. The Morgan fingerprint density at radius 2 is 1.69 bits per heavy atom. The van der Waals surface area contributed by atoms with Gasteiger partial charge in [0, 0.05) is 18.9 Å². The van der Waals surface area contributed by atoms with Crippen molar-refractivity contribution in [3.8, 4) is 5.75 Å². The van der Waals surface area contributed by atoms with Crippen LogP contribution in [0.1, 0.15) is 5.56 Å². The average Bonchev–Trinajstić information content (AvgIpc) is 2.68. The minimum atomic E-state index is -1.22. The molecule has 0 spiro atoms. The number of para-hydroxylation sites is 1. The topological polar surface area (TPSA) is 54.7 Å². The molecule has 3 rings (SSSR count). The predicted octanol–water partition coefficient (Wildman–Crippen LogP) is 3.45. The van der Waals surface area contributed by atoms with Crippen molar-refractivity contribution in [2.45, 2.75) is 13.0 Å². The van der Waals surface area contributed by atoms with Gasteiger partial charge in [-0.05, 0) is 39.7 Å². The van der Waals surface area contributed by atoms with Gasteiger partial charge in [0.25, 0.3) is 12.0 Å². The second-order valence-electron chi connectivity index (χ2n) is 5.80. The number of rotatable bonds is 6. The fourth-order valence-electron chi connectivity index (χ4n) is 2.51. The Morgan fingerprint density at radius 1 is 1.08 bits per heavy atom. The van der Waals surface area contributed by atoms with Crippen LogP contribution in [-0.2, 0) is 6.54 Å². The smallest absolute Gasteiger partial charge is 0.281 e. The van der Waals surface area contributed by atoms with Crippen molar-refractivity contribution in [1.82, 2.24) is 4.57 Å². The van der Waals surface area contributed by atoms with Gasteiger partial charge in [0.2, 0.25) is 0 Å². The second kappa shape index (κ2) is 8.21. The van der Waals surface area contributed by atoms with Gasteiger partial charge in [0.15, 0.2) is 0 Å². The molecule has 3 aromatic rings. The molecular weight excluding hydrogens is 396 g/mol. The molecule has 1 aromatic heterocycles. The summed E-state index contributed by atoms with van der Waals surface area (Å²) in [6.07, 6.45) is 0.433. The molecule has 134 valence electrons. The molecule has 0 aliphatic heterocycles. The van der Waals surface area contributed by atoms with Crippen molar-refractivity contribution in [2.75, 3.05) is 11.9 Å². The molecule has 0 bridgehead atoms. The number of nitrogens with zero attached hydrogens (tertiary/aromatic N) is 2. The van der Waals surface area contributed by atoms with Gasteiger partial charge in [-0.3, -0.25) is 4.79 Å². The van der Waals surface area contributed by atoms with Crippen LogP contribution in [0.5, 0.6) is 5.75 Å². The lowest BCUT2D eigenvalue weighted by Crippen LogP contribution is -2.36. The summed E-state index contributed by atoms with van der Waals surface area (Å²) < 4.78 is 7.43. The number of aliphatic hydroxyl groups excluding tert-OH is 1. The Kier molecular flexibility index (Phi) is 5.75. The van der Waals surface area contributed by atoms with Crippen LogP contribution in [0.4, 0.5) is 5.69 Å². The van der Waals surface area contributed by atoms with Crippen molar-refractivity contribution < 1.29 is 9.84 Å². The maximum absolute atomic E-state index is 12.6. The standard InChI is InChI=1S/C20H19BrN2O3/c1-22(16-10-6-3-7-11-16)20(25)26-17-12-13-23(19(24)18(17)21)14-15-8-4-2-5-9-15/h2-13,20,25H,14H2,1H3. The summed E-state index contributed by atoms with van der Waals surface area (Å²) >= 11 is 3.29. The van der Waals surface area contributed by atoms with Gasteiger partial charge >= 0.3 is 0 Å². The number of halogens is 1. The Morgan fingerprint density at radius 3 is 2.35 bits per heavy atom. The summed E-state index contributed by atoms with van der Waals surface area (Å²) in [5.41, 5.74) is 1.61. The molecule has 1 N–H and O–H groups in total. The number of hydrogen-bond donors (Lipinski definition) is 1. The van der Waals surface area contributed by atoms with E-state index < -0.39 is 6.41 Å². The highest BCUT2D eigenvalue weighted by Gasteiger charge is 2.17. The van der Waals surface area contributed by atoms with Crippen LogP contribution in [-0.4, -0.2) is 23.1 Å². The van der Waals surface area contributed by atoms with Crippen LogP contribution in [0.2, 0.25) is 0 Å². The molecule has 2 aromatic carbocycles. The zero-order valence-electron chi connectivity index (χ0n) is 14.2. The highest BCUT2D eigenvalue weighted by atomic mass is 79.9. The van der Waals surface area contributed by atoms with Crippen molar-refractivity contribution in [3.05, 3.63) is 93.3 Å². The van der Waals surface area contributed by atoms with Gasteiger partial charge in [-0.1, -0.05) is 48.5 Å². The van der Waals surface area contributed by atoms with E-state index in [1.54, 1.807) is 28.8 Å². The van der Waals surface area contributed by atoms with E-state index in [0.717, 1.165) is 11.3 Å². The first-order valence-electron chi connectivity index (χ1n) is 8.12. The van der Waals surface area contributed by atoms with E-state index in [1.807, 2.05) is 60.7 Å². The lowest BCUT2D eigenvalue weighted by atomic mass is 10.2. The number of aromatic nitrogens is 1. The van der Waals surface area contributed by atoms with Gasteiger partial charge in [-0.2, -0.15) is 0 Å². The molecule has 26 heavy (non-hydrogen) atoms. The molecule has 1 unspecified atom stereocenters. The zero-order valence-corrected chi connectivity index (χ0v) is 15.8. The van der Waals surface area contributed by atoms with Gasteiger partial charge < -0.3 is 19.3 Å². The van der Waals surface area contributed by atoms with Crippen molar-refractivity contribution in [2.24, 2.45) is 0 Å². The second-order valence-corrected chi connectivity index (χ2v) is 6.60. The Bertz CT molecular complexity index is 913. The first-order chi connectivity index (χ1) is 12.6. The highest BCUT2D eigenvalue weighted by Crippen LogP contribution is 2.23. The minimum Gasteiger partial charge on any atom is -0.445 e. The molecule has 5 nitrogen and oxygen atoms in total. The molecule has 1 heterocycles. The van der Waals surface area contributed by atoms with Gasteiger partial charge in [0.1, 0.15) is 10.2 Å². The molecule has 0 saturated carbocycles. The molecule has 1 atom stereocenters. The third-order valence-electron chi connectivity index (χ3n) is 3.99. The normalized spacial score (nSPS) is 11.8. The summed E-state index contributed by atoms with van der Waals surface area (Å²) in [6, 6.07) is 20.8. The lowest BCUT2D eigenvalue weighted by molar-refractivity contribution is -0.0156. The number of pyridine rings is 1. The van der Waals surface area contributed by atoms with Crippen molar-refractivity contribution in [1.29, 1.82) is 0 Å². The van der Waals surface area contributed by atoms with E-state index in [9.17, 15) is 9.90 Å². The average molecular weight is 415 g/mol. The van der Waals surface area contributed by atoms with E-state index in [1.165, 1.54) is 0 Å². The molecular formula is C20H19BrN2O3. The monoisotopic (exact) mass is 414 g/mol. The van der Waals surface area contributed by atoms with Crippen LogP contribution in [0.25, 0.3) is 0 Å². The quantitative estimate of drug-likeness (QED) is 0.627. The van der Waals surface area contributed by atoms with Crippen LogP contribution in [0, 0.1) is 0 Å². The predicted molar refractivity (Wildman–Crippen MR) is 105 cm³/mol. The maximum Gasteiger partial charge on any atom is 0.281 e. The molecule has 0 radical (unpaired) electrons. The molecule has 6 heteroatoms. The summed E-state index contributed by atoms with van der Waals surface area (Å²) in [6.45, 7) is 0.463.